The van der Waals surface area contributed by atoms with E-state index in [9.17, 15) is 9.90 Å². The minimum absolute atomic E-state index is 0.180. The molecule has 1 aliphatic heterocycles. The van der Waals surface area contributed by atoms with Crippen molar-refractivity contribution in [2.45, 2.75) is 25.0 Å². The van der Waals surface area contributed by atoms with Crippen LogP contribution < -0.4 is 0 Å². The third-order valence-corrected chi connectivity index (χ3v) is 2.76. The number of aliphatic carboxylic acids is 1. The molecule has 0 radical (unpaired) electrons. The molecule has 1 aromatic rings. The smallest absolute Gasteiger partial charge is 0.336 e. The van der Waals surface area contributed by atoms with E-state index < -0.39 is 11.6 Å². The fourth-order valence-corrected chi connectivity index (χ4v) is 1.73. The van der Waals surface area contributed by atoms with Gasteiger partial charge < -0.3 is 19.0 Å². The molecule has 16 heavy (non-hydrogen) atoms. The van der Waals surface area contributed by atoms with Gasteiger partial charge in [-0.25, -0.2) is 4.79 Å². The van der Waals surface area contributed by atoms with Gasteiger partial charge in [0, 0.05) is 26.1 Å². The van der Waals surface area contributed by atoms with Gasteiger partial charge in [-0.1, -0.05) is 0 Å². The van der Waals surface area contributed by atoms with E-state index in [0.717, 1.165) is 0 Å². The molecular weight excluding hydrogens is 212 g/mol. The first-order chi connectivity index (χ1) is 7.73. The van der Waals surface area contributed by atoms with Crippen LogP contribution in [0.2, 0.25) is 0 Å². The van der Waals surface area contributed by atoms with Crippen molar-refractivity contribution < 1.29 is 23.8 Å². The standard InChI is InChI=1S/C11H14O5/c12-10(13)11(3-6-14-7-4-11)16-8-9-2-1-5-15-9/h1-2,5H,3-4,6-8H2,(H,12,13). The molecule has 2 rings (SSSR count). The molecule has 5 nitrogen and oxygen atoms in total. The van der Waals surface area contributed by atoms with E-state index in [-0.39, 0.29) is 6.61 Å². The Labute approximate surface area is 93.0 Å². The zero-order valence-electron chi connectivity index (χ0n) is 8.85. The van der Waals surface area contributed by atoms with E-state index >= 15 is 0 Å². The third-order valence-electron chi connectivity index (χ3n) is 2.76. The van der Waals surface area contributed by atoms with E-state index in [1.54, 1.807) is 12.1 Å². The van der Waals surface area contributed by atoms with Crippen LogP contribution in [0, 0.1) is 0 Å². The first-order valence-electron chi connectivity index (χ1n) is 5.20. The Hall–Kier alpha value is -1.33. The van der Waals surface area contributed by atoms with Crippen LogP contribution in [0.4, 0.5) is 0 Å². The summed E-state index contributed by atoms with van der Waals surface area (Å²) in [6, 6.07) is 3.50. The molecule has 1 saturated heterocycles. The molecule has 0 bridgehead atoms. The largest absolute Gasteiger partial charge is 0.479 e. The highest BCUT2D eigenvalue weighted by atomic mass is 16.5. The minimum Gasteiger partial charge on any atom is -0.479 e. The van der Waals surface area contributed by atoms with Crippen molar-refractivity contribution in [3.63, 3.8) is 0 Å². The first kappa shape index (κ1) is 11.2. The fraction of sp³-hybridized carbons (Fsp3) is 0.545. The molecule has 0 saturated carbocycles. The van der Waals surface area contributed by atoms with Gasteiger partial charge >= 0.3 is 5.97 Å². The van der Waals surface area contributed by atoms with Crippen molar-refractivity contribution in [1.82, 2.24) is 0 Å². The second-order valence-corrected chi connectivity index (χ2v) is 3.78. The normalized spacial score (nSPS) is 19.5. The molecule has 0 amide bonds. The van der Waals surface area contributed by atoms with Gasteiger partial charge in [0.05, 0.1) is 6.26 Å². The molecule has 0 unspecified atom stereocenters. The van der Waals surface area contributed by atoms with Gasteiger partial charge in [-0.2, -0.15) is 0 Å². The quantitative estimate of drug-likeness (QED) is 0.841. The number of rotatable bonds is 4. The Morgan fingerprint density at radius 2 is 2.25 bits per heavy atom. The average Bonchev–Trinajstić information content (AvgIpc) is 2.80. The van der Waals surface area contributed by atoms with Gasteiger partial charge in [-0.05, 0) is 12.1 Å². The molecule has 88 valence electrons. The van der Waals surface area contributed by atoms with E-state index in [2.05, 4.69) is 0 Å². The fourth-order valence-electron chi connectivity index (χ4n) is 1.73. The molecule has 0 spiro atoms. The van der Waals surface area contributed by atoms with Crippen LogP contribution in [0.15, 0.2) is 22.8 Å². The number of hydrogen-bond donors (Lipinski definition) is 1. The molecule has 0 aromatic carbocycles. The van der Waals surface area contributed by atoms with Gasteiger partial charge in [0.15, 0.2) is 5.60 Å². The first-order valence-corrected chi connectivity index (χ1v) is 5.20. The summed E-state index contributed by atoms with van der Waals surface area (Å²) in [5, 5.41) is 9.21. The molecule has 0 atom stereocenters. The Morgan fingerprint density at radius 3 is 2.81 bits per heavy atom. The zero-order chi connectivity index (χ0) is 11.4. The SMILES string of the molecule is O=C(O)C1(OCc2ccco2)CCOCC1. The van der Waals surface area contributed by atoms with E-state index in [0.29, 0.717) is 31.8 Å². The monoisotopic (exact) mass is 226 g/mol. The van der Waals surface area contributed by atoms with Crippen molar-refractivity contribution in [3.05, 3.63) is 24.2 Å². The Kier molecular flexibility index (Phi) is 3.26. The van der Waals surface area contributed by atoms with Crippen LogP contribution in [0.1, 0.15) is 18.6 Å². The van der Waals surface area contributed by atoms with Gasteiger partial charge in [-0.15, -0.1) is 0 Å². The lowest BCUT2D eigenvalue weighted by atomic mass is 9.94. The van der Waals surface area contributed by atoms with Gasteiger partial charge in [0.1, 0.15) is 12.4 Å². The predicted molar refractivity (Wildman–Crippen MR) is 53.9 cm³/mol. The van der Waals surface area contributed by atoms with Gasteiger partial charge in [0.2, 0.25) is 0 Å². The highest BCUT2D eigenvalue weighted by Gasteiger charge is 2.41. The summed E-state index contributed by atoms with van der Waals surface area (Å²) < 4.78 is 15.7. The number of carbonyl (C=O) groups is 1. The van der Waals surface area contributed by atoms with E-state index in [1.165, 1.54) is 6.26 Å². The zero-order valence-corrected chi connectivity index (χ0v) is 8.85. The van der Waals surface area contributed by atoms with E-state index in [1.807, 2.05) is 0 Å². The molecule has 1 N–H and O–H groups in total. The van der Waals surface area contributed by atoms with Crippen molar-refractivity contribution in [3.8, 4) is 0 Å². The third kappa shape index (κ3) is 2.25. The summed E-state index contributed by atoms with van der Waals surface area (Å²) in [5.74, 6) is -0.297. The number of carboxylic acids is 1. The lowest BCUT2D eigenvalue weighted by Crippen LogP contribution is -2.46. The molecule has 5 heteroatoms. The van der Waals surface area contributed by atoms with Crippen LogP contribution in [0.3, 0.4) is 0 Å². The number of ether oxygens (including phenoxy) is 2. The van der Waals surface area contributed by atoms with Crippen LogP contribution in [-0.4, -0.2) is 29.9 Å². The topological polar surface area (TPSA) is 68.9 Å². The van der Waals surface area contributed by atoms with Crippen LogP contribution in [0.5, 0.6) is 0 Å². The summed E-state index contributed by atoms with van der Waals surface area (Å²) in [6.07, 6.45) is 2.29. The second-order valence-electron chi connectivity index (χ2n) is 3.78. The average molecular weight is 226 g/mol. The number of carboxylic acid groups (broad SMARTS) is 1. The molecule has 1 aromatic heterocycles. The minimum atomic E-state index is -1.12. The molecule has 1 fully saturated rings. The maximum atomic E-state index is 11.2. The van der Waals surface area contributed by atoms with Crippen molar-refractivity contribution in [2.24, 2.45) is 0 Å². The molecular formula is C11H14O5. The Bertz CT molecular complexity index is 337. The Balaban J connectivity index is 2.00. The van der Waals surface area contributed by atoms with Gasteiger partial charge in [0.25, 0.3) is 0 Å². The maximum Gasteiger partial charge on any atom is 0.336 e. The predicted octanol–water partition coefficient (Wildman–Crippen LogP) is 1.43. The van der Waals surface area contributed by atoms with Crippen LogP contribution in [0.25, 0.3) is 0 Å². The molecule has 2 heterocycles. The van der Waals surface area contributed by atoms with Crippen molar-refractivity contribution >= 4 is 5.97 Å². The number of hydrogen-bond acceptors (Lipinski definition) is 4. The van der Waals surface area contributed by atoms with Crippen LogP contribution in [-0.2, 0) is 20.9 Å². The van der Waals surface area contributed by atoms with E-state index in [4.69, 9.17) is 13.9 Å². The summed E-state index contributed by atoms with van der Waals surface area (Å²) >= 11 is 0. The molecule has 0 aliphatic carbocycles. The van der Waals surface area contributed by atoms with Gasteiger partial charge in [-0.3, -0.25) is 0 Å². The Morgan fingerprint density at radius 1 is 1.50 bits per heavy atom. The summed E-state index contributed by atoms with van der Waals surface area (Å²) in [5.41, 5.74) is -1.12. The lowest BCUT2D eigenvalue weighted by molar-refractivity contribution is -0.182. The molecule has 1 aliphatic rings. The summed E-state index contributed by atoms with van der Waals surface area (Å²) in [4.78, 5) is 11.2. The highest BCUT2D eigenvalue weighted by Crippen LogP contribution is 2.26. The van der Waals surface area contributed by atoms with Crippen LogP contribution >= 0.6 is 0 Å². The van der Waals surface area contributed by atoms with Crippen molar-refractivity contribution in [1.29, 1.82) is 0 Å². The summed E-state index contributed by atoms with van der Waals surface area (Å²) in [6.45, 7) is 1.02. The van der Waals surface area contributed by atoms with Crippen molar-refractivity contribution in [2.75, 3.05) is 13.2 Å². The summed E-state index contributed by atoms with van der Waals surface area (Å²) in [7, 11) is 0. The highest BCUT2D eigenvalue weighted by molar-refractivity contribution is 5.77. The number of furan rings is 1. The lowest BCUT2D eigenvalue weighted by Gasteiger charge is -2.32. The maximum absolute atomic E-state index is 11.2. The second kappa shape index (κ2) is 4.67.